The Labute approximate surface area is 141 Å². The lowest BCUT2D eigenvalue weighted by Gasteiger charge is -2.22. The number of ether oxygens (including phenoxy) is 2. The van der Waals surface area contributed by atoms with Crippen molar-refractivity contribution in [3.8, 4) is 0 Å². The minimum Gasteiger partial charge on any atom is -0.457 e. The van der Waals surface area contributed by atoms with E-state index in [0.29, 0.717) is 6.54 Å². The lowest BCUT2D eigenvalue weighted by molar-refractivity contribution is -0.154. The van der Waals surface area contributed by atoms with Gasteiger partial charge in [-0.05, 0) is 0 Å². The number of aromatic nitrogens is 2. The monoisotopic (exact) mass is 351 g/mol. The molecule has 0 spiro atoms. The molecule has 25 heavy (non-hydrogen) atoms. The van der Waals surface area contributed by atoms with Crippen molar-refractivity contribution in [1.82, 2.24) is 15.3 Å². The van der Waals surface area contributed by atoms with E-state index in [9.17, 15) is 24.0 Å². The number of H-pyrrole nitrogens is 2. The lowest BCUT2D eigenvalue weighted by Crippen LogP contribution is -2.35. The summed E-state index contributed by atoms with van der Waals surface area (Å²) in [5.41, 5.74) is -1.88. The van der Waals surface area contributed by atoms with Crippen LogP contribution in [0.3, 0.4) is 0 Å². The second-order valence-corrected chi connectivity index (χ2v) is 6.06. The summed E-state index contributed by atoms with van der Waals surface area (Å²) in [5, 5.41) is 2.59. The summed E-state index contributed by atoms with van der Waals surface area (Å²) >= 11 is 0. The van der Waals surface area contributed by atoms with Crippen LogP contribution in [0.4, 0.5) is 0 Å². The highest BCUT2D eigenvalue weighted by molar-refractivity contribution is 5.93. The molecular weight excluding hydrogens is 334 g/mol. The van der Waals surface area contributed by atoms with Gasteiger partial charge in [0.1, 0.15) is 6.61 Å². The third-order valence-corrected chi connectivity index (χ3v) is 3.52. The van der Waals surface area contributed by atoms with Crippen LogP contribution in [0.25, 0.3) is 0 Å². The van der Waals surface area contributed by atoms with Crippen molar-refractivity contribution in [1.29, 1.82) is 0 Å². The van der Waals surface area contributed by atoms with Gasteiger partial charge < -0.3 is 19.8 Å². The summed E-state index contributed by atoms with van der Waals surface area (Å²) in [7, 11) is 0. The van der Waals surface area contributed by atoms with Crippen molar-refractivity contribution >= 4 is 17.8 Å². The summed E-state index contributed by atoms with van der Waals surface area (Å²) < 4.78 is 9.82. The average molecular weight is 351 g/mol. The summed E-state index contributed by atoms with van der Waals surface area (Å²) in [6, 6.07) is 0. The van der Waals surface area contributed by atoms with Gasteiger partial charge in [0.25, 0.3) is 11.5 Å². The third kappa shape index (κ3) is 4.66. The van der Waals surface area contributed by atoms with E-state index in [0.717, 1.165) is 18.3 Å². The SMILES string of the molecule is CC1(C)CNC(=O)C1OC(=O)/C=C/C(=O)OCc1c[nH]c(=O)[nH]c1=O. The Morgan fingerprint density at radius 2 is 1.92 bits per heavy atom. The van der Waals surface area contributed by atoms with Gasteiger partial charge in [0.05, 0.1) is 5.56 Å². The van der Waals surface area contributed by atoms with E-state index in [1.807, 2.05) is 4.98 Å². The number of carbonyl (C=O) groups excluding carboxylic acids is 3. The number of esters is 2. The van der Waals surface area contributed by atoms with Gasteiger partial charge in [0, 0.05) is 30.3 Å². The number of amides is 1. The Morgan fingerprint density at radius 1 is 1.24 bits per heavy atom. The molecule has 0 radical (unpaired) electrons. The van der Waals surface area contributed by atoms with Crippen LogP contribution in [-0.4, -0.2) is 40.5 Å². The predicted octanol–water partition coefficient (Wildman–Crippen LogP) is -1.27. The molecule has 1 fully saturated rings. The molecule has 1 aromatic heterocycles. The number of rotatable bonds is 5. The van der Waals surface area contributed by atoms with Gasteiger partial charge >= 0.3 is 17.6 Å². The number of carbonyl (C=O) groups is 3. The largest absolute Gasteiger partial charge is 0.457 e. The summed E-state index contributed by atoms with van der Waals surface area (Å²) in [6.07, 6.45) is 1.83. The van der Waals surface area contributed by atoms with E-state index in [-0.39, 0.29) is 12.2 Å². The van der Waals surface area contributed by atoms with Crippen molar-refractivity contribution in [2.45, 2.75) is 26.6 Å². The second-order valence-electron chi connectivity index (χ2n) is 6.06. The Bertz CT molecular complexity index is 834. The van der Waals surface area contributed by atoms with Gasteiger partial charge in [-0.3, -0.25) is 14.6 Å². The quantitative estimate of drug-likeness (QED) is 0.442. The highest BCUT2D eigenvalue weighted by Gasteiger charge is 2.43. The molecular formula is C15H17N3O7. The average Bonchev–Trinajstić information content (AvgIpc) is 2.79. The Balaban J connectivity index is 1.87. The van der Waals surface area contributed by atoms with Crippen molar-refractivity contribution in [3.05, 3.63) is 44.8 Å². The van der Waals surface area contributed by atoms with Crippen LogP contribution in [-0.2, 0) is 30.5 Å². The fourth-order valence-corrected chi connectivity index (χ4v) is 2.10. The third-order valence-electron chi connectivity index (χ3n) is 3.52. The minimum atomic E-state index is -0.944. The highest BCUT2D eigenvalue weighted by Crippen LogP contribution is 2.27. The maximum Gasteiger partial charge on any atom is 0.331 e. The molecule has 1 aliphatic heterocycles. The molecule has 0 aliphatic carbocycles. The van der Waals surface area contributed by atoms with E-state index >= 15 is 0 Å². The van der Waals surface area contributed by atoms with E-state index in [1.165, 1.54) is 0 Å². The maximum absolute atomic E-state index is 11.7. The first-order valence-electron chi connectivity index (χ1n) is 7.33. The normalized spacial score (nSPS) is 18.8. The van der Waals surface area contributed by atoms with Gasteiger partial charge in [-0.1, -0.05) is 13.8 Å². The standard InChI is InChI=1S/C15H17N3O7/c1-15(2)7-17-13(22)11(15)25-10(20)4-3-9(19)24-6-8-5-16-14(23)18-12(8)21/h3-5,11H,6-7H2,1-2H3,(H,17,22)(H2,16,18,21,23)/b4-3+. The minimum absolute atomic E-state index is 0.0355. The number of hydrogen-bond donors (Lipinski definition) is 3. The van der Waals surface area contributed by atoms with Crippen LogP contribution in [0, 0.1) is 5.41 Å². The molecule has 1 unspecified atom stereocenters. The van der Waals surface area contributed by atoms with Gasteiger partial charge in [-0.25, -0.2) is 14.4 Å². The first kappa shape index (κ1) is 18.2. The van der Waals surface area contributed by atoms with Crippen LogP contribution >= 0.6 is 0 Å². The molecule has 0 saturated carbocycles. The molecule has 1 saturated heterocycles. The molecule has 1 atom stereocenters. The molecule has 1 aliphatic rings. The number of nitrogens with one attached hydrogen (secondary N) is 3. The topological polar surface area (TPSA) is 147 Å². The Morgan fingerprint density at radius 3 is 2.52 bits per heavy atom. The van der Waals surface area contributed by atoms with Gasteiger partial charge in [0.2, 0.25) is 0 Å². The van der Waals surface area contributed by atoms with Crippen LogP contribution in [0.2, 0.25) is 0 Å². The van der Waals surface area contributed by atoms with Crippen molar-refractivity contribution in [2.24, 2.45) is 5.41 Å². The van der Waals surface area contributed by atoms with Crippen LogP contribution < -0.4 is 16.6 Å². The van der Waals surface area contributed by atoms with E-state index in [1.54, 1.807) is 13.8 Å². The van der Waals surface area contributed by atoms with Crippen molar-refractivity contribution in [3.63, 3.8) is 0 Å². The fraction of sp³-hybridized carbons (Fsp3) is 0.400. The van der Waals surface area contributed by atoms with E-state index in [4.69, 9.17) is 9.47 Å². The fourth-order valence-electron chi connectivity index (χ4n) is 2.10. The maximum atomic E-state index is 11.7. The zero-order chi connectivity index (χ0) is 18.6. The molecule has 3 N–H and O–H groups in total. The number of aromatic amines is 2. The first-order valence-corrected chi connectivity index (χ1v) is 7.33. The van der Waals surface area contributed by atoms with Gasteiger partial charge in [-0.2, -0.15) is 0 Å². The molecule has 134 valence electrons. The molecule has 1 aromatic rings. The predicted molar refractivity (Wildman–Crippen MR) is 83.3 cm³/mol. The molecule has 2 heterocycles. The smallest absolute Gasteiger partial charge is 0.331 e. The lowest BCUT2D eigenvalue weighted by atomic mass is 9.90. The zero-order valence-corrected chi connectivity index (χ0v) is 13.6. The van der Waals surface area contributed by atoms with Crippen LogP contribution in [0.5, 0.6) is 0 Å². The van der Waals surface area contributed by atoms with Crippen molar-refractivity contribution < 1.29 is 23.9 Å². The van der Waals surface area contributed by atoms with Crippen LogP contribution in [0.1, 0.15) is 19.4 Å². The summed E-state index contributed by atoms with van der Waals surface area (Å²) in [5.74, 6) is -2.15. The summed E-state index contributed by atoms with van der Waals surface area (Å²) in [4.78, 5) is 61.4. The van der Waals surface area contributed by atoms with Crippen LogP contribution in [0.15, 0.2) is 27.9 Å². The first-order chi connectivity index (χ1) is 11.7. The molecule has 10 nitrogen and oxygen atoms in total. The van der Waals surface area contributed by atoms with Gasteiger partial charge in [-0.15, -0.1) is 0 Å². The summed E-state index contributed by atoms with van der Waals surface area (Å²) in [6.45, 7) is 3.52. The molecule has 0 aromatic carbocycles. The number of hydrogen-bond acceptors (Lipinski definition) is 7. The Hall–Kier alpha value is -3.17. The second kappa shape index (κ2) is 7.16. The highest BCUT2D eigenvalue weighted by atomic mass is 16.6. The van der Waals surface area contributed by atoms with E-state index in [2.05, 4.69) is 10.3 Å². The molecule has 10 heteroatoms. The van der Waals surface area contributed by atoms with E-state index < -0.39 is 40.6 Å². The van der Waals surface area contributed by atoms with Crippen molar-refractivity contribution in [2.75, 3.05) is 6.54 Å². The molecule has 0 bridgehead atoms. The Kier molecular flexibility index (Phi) is 5.20. The zero-order valence-electron chi connectivity index (χ0n) is 13.6. The molecule has 2 rings (SSSR count). The van der Waals surface area contributed by atoms with Gasteiger partial charge in [0.15, 0.2) is 6.10 Å². The molecule has 1 amide bonds.